The molecule has 0 radical (unpaired) electrons. The van der Waals surface area contributed by atoms with E-state index in [1.807, 2.05) is 18.6 Å². The average Bonchev–Trinajstić information content (AvgIpc) is 3.11. The topological polar surface area (TPSA) is 44.1 Å². The summed E-state index contributed by atoms with van der Waals surface area (Å²) in [5.41, 5.74) is 2.51. The second-order valence-corrected chi connectivity index (χ2v) is 8.48. The zero-order valence-electron chi connectivity index (χ0n) is 16.3. The van der Waals surface area contributed by atoms with Crippen LogP contribution in [0.3, 0.4) is 0 Å². The van der Waals surface area contributed by atoms with E-state index in [0.717, 1.165) is 54.2 Å². The van der Waals surface area contributed by atoms with Crippen LogP contribution in [-0.4, -0.2) is 39.0 Å². The summed E-state index contributed by atoms with van der Waals surface area (Å²) in [4.78, 5) is 11.2. The molecule has 5 nitrogen and oxygen atoms in total. The minimum absolute atomic E-state index is 0.227. The van der Waals surface area contributed by atoms with Crippen molar-refractivity contribution in [1.29, 1.82) is 0 Å². The molecule has 0 spiro atoms. The van der Waals surface area contributed by atoms with Gasteiger partial charge in [-0.1, -0.05) is 17.7 Å². The van der Waals surface area contributed by atoms with Gasteiger partial charge < -0.3 is 4.90 Å². The third-order valence-corrected chi connectivity index (χ3v) is 6.62. The van der Waals surface area contributed by atoms with E-state index in [2.05, 4.69) is 27.9 Å². The van der Waals surface area contributed by atoms with Crippen molar-refractivity contribution in [3.05, 3.63) is 59.0 Å². The number of fused-ring (bicyclic) bond motifs is 2. The molecule has 0 aromatic carbocycles. The summed E-state index contributed by atoms with van der Waals surface area (Å²) in [7, 11) is 0. The predicted octanol–water partition coefficient (Wildman–Crippen LogP) is 4.89. The van der Waals surface area contributed by atoms with Gasteiger partial charge in [0.1, 0.15) is 23.7 Å². The lowest BCUT2D eigenvalue weighted by Crippen LogP contribution is -2.41. The van der Waals surface area contributed by atoms with Crippen molar-refractivity contribution in [3.8, 4) is 0 Å². The zero-order chi connectivity index (χ0) is 20.0. The molecule has 4 aliphatic rings. The van der Waals surface area contributed by atoms with Crippen LogP contribution in [0.1, 0.15) is 44.7 Å². The number of nitrogens with zero attached hydrogens (tertiary/aromatic N) is 5. The van der Waals surface area contributed by atoms with E-state index >= 15 is 0 Å². The van der Waals surface area contributed by atoms with E-state index in [0.29, 0.717) is 11.6 Å². The quantitative estimate of drug-likeness (QED) is 0.695. The average molecular weight is 412 g/mol. The van der Waals surface area contributed by atoms with E-state index in [-0.39, 0.29) is 17.9 Å². The van der Waals surface area contributed by atoms with E-state index < -0.39 is 0 Å². The number of pyridine rings is 1. The van der Waals surface area contributed by atoms with Crippen molar-refractivity contribution in [1.82, 2.24) is 14.9 Å². The van der Waals surface area contributed by atoms with Crippen LogP contribution < -0.4 is 0 Å². The molecular weight excluding hydrogens is 389 g/mol. The molecule has 0 saturated heterocycles. The lowest BCUT2D eigenvalue weighted by molar-refractivity contribution is 0.204. The summed E-state index contributed by atoms with van der Waals surface area (Å²) in [6.07, 6.45) is 14.0. The van der Waals surface area contributed by atoms with Gasteiger partial charge in [0.25, 0.3) is 0 Å². The highest BCUT2D eigenvalue weighted by Crippen LogP contribution is 2.37. The summed E-state index contributed by atoms with van der Waals surface area (Å²) in [6.45, 7) is 2.23. The highest BCUT2D eigenvalue weighted by atomic mass is 35.5. The maximum absolute atomic E-state index is 14.1. The largest absolute Gasteiger partial charge is 0.311 e. The zero-order valence-corrected chi connectivity index (χ0v) is 17.1. The Bertz CT molecular complexity index is 979. The standard InChI is InChI=1S/C22H23ClFN5/c1-14-18-9-6-16(23)11-20(18)26-12-21-28(14)13-27-29(21)17-7-4-15(5-8-17)22-19(24)3-2-10-25-22/h2-4,10-14,17-18H,5-9H2,1H3. The van der Waals surface area contributed by atoms with Crippen molar-refractivity contribution >= 4 is 29.2 Å². The van der Waals surface area contributed by atoms with Gasteiger partial charge in [0.05, 0.1) is 12.2 Å². The van der Waals surface area contributed by atoms with E-state index in [4.69, 9.17) is 21.7 Å². The Balaban J connectivity index is 1.38. The number of aliphatic imine (C=N–C) groups is 1. The molecule has 0 N–H and O–H groups in total. The van der Waals surface area contributed by atoms with Crippen molar-refractivity contribution in [2.45, 2.75) is 51.1 Å². The SMILES string of the molecule is CC1C2CCC(Cl)=CC2=NC=C2N1C=NN2C1CC=C(c2ncccc2F)CC1. The highest BCUT2D eigenvalue weighted by molar-refractivity contribution is 6.31. The fourth-order valence-electron chi connectivity index (χ4n) is 4.68. The second kappa shape index (κ2) is 7.41. The molecule has 3 unspecified atom stereocenters. The van der Waals surface area contributed by atoms with Crippen LogP contribution in [0.4, 0.5) is 4.39 Å². The van der Waals surface area contributed by atoms with E-state index in [1.54, 1.807) is 12.3 Å². The van der Waals surface area contributed by atoms with Gasteiger partial charge in [-0.15, -0.1) is 0 Å². The molecule has 29 heavy (non-hydrogen) atoms. The monoisotopic (exact) mass is 411 g/mol. The van der Waals surface area contributed by atoms with Gasteiger partial charge in [0.2, 0.25) is 0 Å². The molecular formula is C22H23ClFN5. The van der Waals surface area contributed by atoms with Crippen LogP contribution >= 0.6 is 11.6 Å². The number of halogens is 2. The highest BCUT2D eigenvalue weighted by Gasteiger charge is 2.38. The molecule has 7 heteroatoms. The first kappa shape index (κ1) is 18.6. The summed E-state index contributed by atoms with van der Waals surface area (Å²) in [6, 6.07) is 3.59. The Morgan fingerprint density at radius 1 is 1.24 bits per heavy atom. The van der Waals surface area contributed by atoms with Crippen molar-refractivity contribution in [2.75, 3.05) is 0 Å². The molecule has 0 amide bonds. The number of hydrogen-bond donors (Lipinski definition) is 0. The van der Waals surface area contributed by atoms with Crippen LogP contribution in [0.25, 0.3) is 5.57 Å². The van der Waals surface area contributed by atoms with Gasteiger partial charge in [-0.25, -0.2) is 9.40 Å². The van der Waals surface area contributed by atoms with Gasteiger partial charge >= 0.3 is 0 Å². The molecule has 0 fully saturated rings. The molecule has 5 rings (SSSR count). The molecule has 0 bridgehead atoms. The molecule has 150 valence electrons. The minimum Gasteiger partial charge on any atom is -0.311 e. The second-order valence-electron chi connectivity index (χ2n) is 7.99. The van der Waals surface area contributed by atoms with Gasteiger partial charge in [0.15, 0.2) is 0 Å². The minimum atomic E-state index is -0.256. The molecule has 3 atom stereocenters. The van der Waals surface area contributed by atoms with Crippen LogP contribution in [-0.2, 0) is 0 Å². The number of allylic oxidation sites excluding steroid dienone is 3. The molecule has 2 aliphatic carbocycles. The Morgan fingerprint density at radius 3 is 2.93 bits per heavy atom. The molecule has 0 saturated carbocycles. The van der Waals surface area contributed by atoms with Crippen molar-refractivity contribution < 1.29 is 4.39 Å². The molecule has 1 aromatic heterocycles. The summed E-state index contributed by atoms with van der Waals surface area (Å²) in [5.74, 6) is 1.10. The maximum atomic E-state index is 14.1. The van der Waals surface area contributed by atoms with Gasteiger partial charge in [-0.05, 0) is 62.8 Å². The Hall–Kier alpha value is -2.47. The third kappa shape index (κ3) is 3.29. The van der Waals surface area contributed by atoms with Gasteiger partial charge in [0, 0.05) is 28.9 Å². The Kier molecular flexibility index (Phi) is 4.74. The lowest BCUT2D eigenvalue weighted by Gasteiger charge is -2.35. The van der Waals surface area contributed by atoms with Gasteiger partial charge in [-0.2, -0.15) is 5.10 Å². The van der Waals surface area contributed by atoms with E-state index in [1.165, 1.54) is 6.07 Å². The Morgan fingerprint density at radius 2 is 2.14 bits per heavy atom. The lowest BCUT2D eigenvalue weighted by atomic mass is 9.86. The van der Waals surface area contributed by atoms with Crippen molar-refractivity contribution in [3.63, 3.8) is 0 Å². The smallest absolute Gasteiger partial charge is 0.149 e. The Labute approximate surface area is 175 Å². The predicted molar refractivity (Wildman–Crippen MR) is 114 cm³/mol. The first-order valence-electron chi connectivity index (χ1n) is 10.2. The van der Waals surface area contributed by atoms with Crippen LogP contribution in [0.2, 0.25) is 0 Å². The number of rotatable bonds is 2. The number of aromatic nitrogens is 1. The summed E-state index contributed by atoms with van der Waals surface area (Å²) >= 11 is 6.25. The summed E-state index contributed by atoms with van der Waals surface area (Å²) in [5, 5.41) is 7.65. The summed E-state index contributed by atoms with van der Waals surface area (Å²) < 4.78 is 14.1. The maximum Gasteiger partial charge on any atom is 0.149 e. The van der Waals surface area contributed by atoms with Gasteiger partial charge in [-0.3, -0.25) is 9.98 Å². The normalized spacial score (nSPS) is 28.7. The van der Waals surface area contributed by atoms with Crippen LogP contribution in [0.15, 0.2) is 57.6 Å². The van der Waals surface area contributed by atoms with Crippen molar-refractivity contribution in [2.24, 2.45) is 16.0 Å². The van der Waals surface area contributed by atoms with Crippen LogP contribution in [0, 0.1) is 11.7 Å². The first-order valence-corrected chi connectivity index (χ1v) is 10.5. The molecule has 2 aliphatic heterocycles. The van der Waals surface area contributed by atoms with Crippen LogP contribution in [0.5, 0.6) is 0 Å². The number of hydrogen-bond acceptors (Lipinski definition) is 5. The van der Waals surface area contributed by atoms with E-state index in [9.17, 15) is 4.39 Å². The fourth-order valence-corrected chi connectivity index (χ4v) is 4.90. The molecule has 1 aromatic rings. The molecule has 3 heterocycles. The fraction of sp³-hybridized carbons (Fsp3) is 0.409. The first-order chi connectivity index (χ1) is 14.1. The third-order valence-electron chi connectivity index (χ3n) is 6.32. The number of hydrazone groups is 1.